The molecule has 0 unspecified atom stereocenters. The predicted molar refractivity (Wildman–Crippen MR) is 75.6 cm³/mol. The van der Waals surface area contributed by atoms with Crippen LogP contribution in [-0.2, 0) is 15.3 Å². The maximum atomic E-state index is 11.3. The lowest BCUT2D eigenvalue weighted by atomic mass is 10.1. The third-order valence-electron chi connectivity index (χ3n) is 3.26. The zero-order chi connectivity index (χ0) is 13.9. The van der Waals surface area contributed by atoms with Crippen LogP contribution in [0.15, 0.2) is 6.07 Å². The van der Waals surface area contributed by atoms with Crippen LogP contribution in [0.4, 0.5) is 5.82 Å². The average molecular weight is 281 g/mol. The third kappa shape index (κ3) is 4.09. The summed E-state index contributed by atoms with van der Waals surface area (Å²) in [7, 11) is 1.44. The Morgan fingerprint density at radius 2 is 2.26 bits per heavy atom. The highest BCUT2D eigenvalue weighted by Crippen LogP contribution is 2.51. The van der Waals surface area contributed by atoms with E-state index >= 15 is 0 Å². The number of aromatic nitrogens is 2. The van der Waals surface area contributed by atoms with Gasteiger partial charge in [0.25, 0.3) is 0 Å². The molecule has 0 atom stereocenters. The van der Waals surface area contributed by atoms with Crippen LogP contribution in [0.1, 0.15) is 30.8 Å². The lowest BCUT2D eigenvalue weighted by Gasteiger charge is -2.12. The van der Waals surface area contributed by atoms with E-state index in [9.17, 15) is 4.79 Å². The van der Waals surface area contributed by atoms with E-state index in [1.807, 2.05) is 6.92 Å². The van der Waals surface area contributed by atoms with E-state index in [4.69, 9.17) is 10.5 Å². The number of anilines is 1. The molecule has 1 aliphatic carbocycles. The molecule has 0 amide bonds. The second-order valence-electron chi connectivity index (χ2n) is 5.10. The van der Waals surface area contributed by atoms with Crippen molar-refractivity contribution in [1.29, 1.82) is 0 Å². The number of esters is 1. The van der Waals surface area contributed by atoms with E-state index in [0.29, 0.717) is 12.2 Å². The van der Waals surface area contributed by atoms with Crippen molar-refractivity contribution in [2.24, 2.45) is 5.41 Å². The van der Waals surface area contributed by atoms with Gasteiger partial charge in [-0.25, -0.2) is 9.97 Å². The van der Waals surface area contributed by atoms with Crippen molar-refractivity contribution < 1.29 is 9.53 Å². The molecule has 1 heterocycles. The molecule has 1 aromatic rings. The minimum atomic E-state index is -0.117. The van der Waals surface area contributed by atoms with Crippen LogP contribution in [-0.4, -0.2) is 28.8 Å². The first-order valence-corrected chi connectivity index (χ1v) is 7.43. The monoisotopic (exact) mass is 281 g/mol. The van der Waals surface area contributed by atoms with Crippen molar-refractivity contribution in [2.45, 2.75) is 31.9 Å². The van der Waals surface area contributed by atoms with Crippen molar-refractivity contribution in [3.8, 4) is 0 Å². The summed E-state index contributed by atoms with van der Waals surface area (Å²) in [5.74, 6) is 2.83. The van der Waals surface area contributed by atoms with Gasteiger partial charge in [0.2, 0.25) is 0 Å². The van der Waals surface area contributed by atoms with Crippen molar-refractivity contribution in [3.05, 3.63) is 17.6 Å². The minimum Gasteiger partial charge on any atom is -0.469 e. The second-order valence-corrected chi connectivity index (χ2v) is 6.08. The molecular formula is C13H19N3O2S. The number of methoxy groups -OCH3 is 1. The molecular weight excluding hydrogens is 262 g/mol. The number of ether oxygens (including phenoxy) is 1. The van der Waals surface area contributed by atoms with Gasteiger partial charge >= 0.3 is 5.97 Å². The van der Waals surface area contributed by atoms with E-state index in [-0.39, 0.29) is 11.4 Å². The number of carbonyl (C=O) groups excluding carboxylic acids is 1. The molecule has 1 fully saturated rings. The SMILES string of the molecule is COC(=O)CC1(CSCc2nc(C)cc(N)n2)CC1. The van der Waals surface area contributed by atoms with Crippen LogP contribution in [0, 0.1) is 12.3 Å². The fourth-order valence-corrected chi connectivity index (χ4v) is 3.24. The summed E-state index contributed by atoms with van der Waals surface area (Å²) in [6, 6.07) is 1.76. The molecule has 1 aromatic heterocycles. The Hall–Kier alpha value is -1.30. The van der Waals surface area contributed by atoms with Crippen molar-refractivity contribution in [3.63, 3.8) is 0 Å². The largest absolute Gasteiger partial charge is 0.469 e. The molecule has 0 radical (unpaired) electrons. The highest BCUT2D eigenvalue weighted by atomic mass is 32.2. The smallest absolute Gasteiger partial charge is 0.306 e. The molecule has 0 bridgehead atoms. The van der Waals surface area contributed by atoms with Crippen LogP contribution in [0.3, 0.4) is 0 Å². The molecule has 1 saturated carbocycles. The van der Waals surface area contributed by atoms with E-state index in [1.54, 1.807) is 17.8 Å². The highest BCUT2D eigenvalue weighted by Gasteiger charge is 2.44. The van der Waals surface area contributed by atoms with E-state index in [2.05, 4.69) is 9.97 Å². The molecule has 6 heteroatoms. The Morgan fingerprint density at radius 3 is 2.84 bits per heavy atom. The van der Waals surface area contributed by atoms with Gasteiger partial charge in [-0.2, -0.15) is 11.8 Å². The van der Waals surface area contributed by atoms with E-state index in [1.165, 1.54) is 7.11 Å². The van der Waals surface area contributed by atoms with Gasteiger partial charge in [0, 0.05) is 11.8 Å². The van der Waals surface area contributed by atoms with Crippen LogP contribution in [0.2, 0.25) is 0 Å². The number of nitrogens with zero attached hydrogens (tertiary/aromatic N) is 2. The normalized spacial score (nSPS) is 16.1. The predicted octanol–water partition coefficient (Wildman–Crippen LogP) is 1.94. The summed E-state index contributed by atoms with van der Waals surface area (Å²) in [6.07, 6.45) is 2.73. The van der Waals surface area contributed by atoms with Gasteiger partial charge in [0.1, 0.15) is 11.6 Å². The van der Waals surface area contributed by atoms with Gasteiger partial charge in [-0.05, 0) is 30.9 Å². The number of aryl methyl sites for hydroxylation is 1. The quantitative estimate of drug-likeness (QED) is 0.803. The molecule has 1 aliphatic rings. The Balaban J connectivity index is 1.82. The van der Waals surface area contributed by atoms with Gasteiger partial charge in [-0.1, -0.05) is 0 Å². The van der Waals surface area contributed by atoms with Gasteiger partial charge in [-0.3, -0.25) is 4.79 Å². The zero-order valence-electron chi connectivity index (χ0n) is 11.3. The Bertz CT molecular complexity index is 455. The topological polar surface area (TPSA) is 78.1 Å². The highest BCUT2D eigenvalue weighted by molar-refractivity contribution is 7.98. The third-order valence-corrected chi connectivity index (χ3v) is 4.54. The number of rotatable bonds is 6. The van der Waals surface area contributed by atoms with Crippen LogP contribution < -0.4 is 5.73 Å². The number of nitrogens with two attached hydrogens (primary N) is 1. The molecule has 0 aliphatic heterocycles. The Kier molecular flexibility index (Phi) is 4.29. The fourth-order valence-electron chi connectivity index (χ4n) is 2.01. The number of hydrogen-bond donors (Lipinski definition) is 1. The molecule has 0 aromatic carbocycles. The van der Waals surface area contributed by atoms with Gasteiger partial charge in [0.05, 0.1) is 19.3 Å². The number of hydrogen-bond acceptors (Lipinski definition) is 6. The molecule has 0 spiro atoms. The van der Waals surface area contributed by atoms with Gasteiger partial charge < -0.3 is 10.5 Å². The Labute approximate surface area is 117 Å². The van der Waals surface area contributed by atoms with Crippen LogP contribution in [0.25, 0.3) is 0 Å². The summed E-state index contributed by atoms with van der Waals surface area (Å²) >= 11 is 1.76. The number of thioether (sulfide) groups is 1. The van der Waals surface area contributed by atoms with E-state index in [0.717, 1.165) is 35.9 Å². The van der Waals surface area contributed by atoms with Crippen molar-refractivity contribution >= 4 is 23.5 Å². The summed E-state index contributed by atoms with van der Waals surface area (Å²) in [6.45, 7) is 1.91. The molecule has 0 saturated heterocycles. The summed E-state index contributed by atoms with van der Waals surface area (Å²) in [5.41, 5.74) is 6.73. The van der Waals surface area contributed by atoms with Gasteiger partial charge in [-0.15, -0.1) is 0 Å². The van der Waals surface area contributed by atoms with Crippen molar-refractivity contribution in [2.75, 3.05) is 18.6 Å². The lowest BCUT2D eigenvalue weighted by Crippen LogP contribution is -2.13. The molecule has 2 rings (SSSR count). The molecule has 2 N–H and O–H groups in total. The Morgan fingerprint density at radius 1 is 1.53 bits per heavy atom. The van der Waals surface area contributed by atoms with Gasteiger partial charge in [0.15, 0.2) is 0 Å². The van der Waals surface area contributed by atoms with Crippen LogP contribution >= 0.6 is 11.8 Å². The number of carbonyl (C=O) groups is 1. The second kappa shape index (κ2) is 5.77. The summed E-state index contributed by atoms with van der Waals surface area (Å²) < 4.78 is 4.73. The maximum absolute atomic E-state index is 11.3. The van der Waals surface area contributed by atoms with Crippen LogP contribution in [0.5, 0.6) is 0 Å². The number of nitrogen functional groups attached to an aromatic ring is 1. The average Bonchev–Trinajstić information content (AvgIpc) is 3.07. The molecule has 19 heavy (non-hydrogen) atoms. The zero-order valence-corrected chi connectivity index (χ0v) is 12.1. The first-order valence-electron chi connectivity index (χ1n) is 6.28. The summed E-state index contributed by atoms with van der Waals surface area (Å²) in [4.78, 5) is 19.9. The first kappa shape index (κ1) is 14.1. The minimum absolute atomic E-state index is 0.117. The van der Waals surface area contributed by atoms with E-state index < -0.39 is 0 Å². The van der Waals surface area contributed by atoms with Crippen molar-refractivity contribution in [1.82, 2.24) is 9.97 Å². The summed E-state index contributed by atoms with van der Waals surface area (Å²) in [5, 5.41) is 0. The molecule has 104 valence electrons. The maximum Gasteiger partial charge on any atom is 0.306 e. The lowest BCUT2D eigenvalue weighted by molar-refractivity contribution is -0.141. The molecule has 5 nitrogen and oxygen atoms in total. The first-order chi connectivity index (χ1) is 9.03. The fraction of sp³-hybridized carbons (Fsp3) is 0.615. The standard InChI is InChI=1S/C13H19N3O2S/c1-9-5-10(14)16-11(15-9)7-19-8-13(3-4-13)6-12(17)18-2/h5H,3-4,6-8H2,1-2H3,(H2,14,15,16).